The number of hydrogen-bond donors (Lipinski definition) is 0. The third-order valence-corrected chi connectivity index (χ3v) is 3.77. The molecule has 0 atom stereocenters. The lowest BCUT2D eigenvalue weighted by atomic mass is 10.0. The SMILES string of the molecule is CCC(=O)c1c(CC)nn(CCc2cnn(C)c2)c1CC. The van der Waals surface area contributed by atoms with Crippen LogP contribution in [0.1, 0.15) is 54.5 Å². The molecule has 0 amide bonds. The van der Waals surface area contributed by atoms with Crippen LogP contribution in [0.2, 0.25) is 0 Å². The van der Waals surface area contributed by atoms with E-state index in [1.807, 2.05) is 35.7 Å². The first kappa shape index (κ1) is 15.5. The molecule has 0 unspecified atom stereocenters. The fourth-order valence-corrected chi connectivity index (χ4v) is 2.68. The summed E-state index contributed by atoms with van der Waals surface area (Å²) in [6.45, 7) is 6.84. The van der Waals surface area contributed by atoms with Gasteiger partial charge in [0.1, 0.15) is 0 Å². The van der Waals surface area contributed by atoms with Gasteiger partial charge in [-0.1, -0.05) is 20.8 Å². The second-order valence-corrected chi connectivity index (χ2v) is 5.25. The Hall–Kier alpha value is -1.91. The molecular formula is C16H24N4O. The second-order valence-electron chi connectivity index (χ2n) is 5.25. The van der Waals surface area contributed by atoms with Gasteiger partial charge in [0.05, 0.1) is 17.5 Å². The smallest absolute Gasteiger partial charge is 0.166 e. The van der Waals surface area contributed by atoms with Crippen LogP contribution in [-0.4, -0.2) is 25.3 Å². The minimum atomic E-state index is 0.205. The second kappa shape index (κ2) is 6.70. The number of carbonyl (C=O) groups is 1. The van der Waals surface area contributed by atoms with Gasteiger partial charge in [-0.05, 0) is 24.8 Å². The summed E-state index contributed by atoms with van der Waals surface area (Å²) in [5.41, 5.74) is 4.05. The van der Waals surface area contributed by atoms with Crippen LogP contribution < -0.4 is 0 Å². The summed E-state index contributed by atoms with van der Waals surface area (Å²) >= 11 is 0. The zero-order valence-electron chi connectivity index (χ0n) is 13.4. The Bertz CT molecular complexity index is 624. The van der Waals surface area contributed by atoms with Crippen molar-refractivity contribution in [3.05, 3.63) is 34.9 Å². The molecule has 0 aromatic carbocycles. The summed E-state index contributed by atoms with van der Waals surface area (Å²) in [7, 11) is 1.92. The molecule has 0 bridgehead atoms. The molecular weight excluding hydrogens is 264 g/mol. The maximum absolute atomic E-state index is 12.2. The number of aryl methyl sites for hydroxylation is 4. The highest BCUT2D eigenvalue weighted by Crippen LogP contribution is 2.19. The molecule has 2 rings (SSSR count). The van der Waals surface area contributed by atoms with Crippen LogP contribution in [0.4, 0.5) is 0 Å². The van der Waals surface area contributed by atoms with Crippen molar-refractivity contribution in [1.82, 2.24) is 19.6 Å². The summed E-state index contributed by atoms with van der Waals surface area (Å²) < 4.78 is 3.82. The first-order chi connectivity index (χ1) is 10.1. The maximum atomic E-state index is 12.2. The Morgan fingerprint density at radius 1 is 1.24 bits per heavy atom. The van der Waals surface area contributed by atoms with Crippen molar-refractivity contribution >= 4 is 5.78 Å². The normalized spacial score (nSPS) is 11.0. The number of hydrogen-bond acceptors (Lipinski definition) is 3. The highest BCUT2D eigenvalue weighted by Gasteiger charge is 2.20. The lowest BCUT2D eigenvalue weighted by Gasteiger charge is -2.06. The Kier molecular flexibility index (Phi) is 4.94. The molecule has 0 fully saturated rings. The summed E-state index contributed by atoms with van der Waals surface area (Å²) in [5, 5.41) is 8.84. The average Bonchev–Trinajstić information content (AvgIpc) is 3.06. The van der Waals surface area contributed by atoms with Crippen LogP contribution in [0.15, 0.2) is 12.4 Å². The van der Waals surface area contributed by atoms with Gasteiger partial charge in [0, 0.05) is 31.9 Å². The number of ketones is 1. The van der Waals surface area contributed by atoms with E-state index in [0.717, 1.165) is 42.8 Å². The molecule has 0 saturated carbocycles. The van der Waals surface area contributed by atoms with Crippen LogP contribution >= 0.6 is 0 Å². The van der Waals surface area contributed by atoms with Crippen molar-refractivity contribution in [2.45, 2.75) is 53.0 Å². The van der Waals surface area contributed by atoms with E-state index in [9.17, 15) is 4.79 Å². The number of Topliss-reactive ketones (excluding diaryl/α,β-unsaturated/α-hetero) is 1. The molecule has 0 aliphatic heterocycles. The van der Waals surface area contributed by atoms with E-state index in [1.165, 1.54) is 5.56 Å². The fraction of sp³-hybridized carbons (Fsp3) is 0.562. The van der Waals surface area contributed by atoms with E-state index in [1.54, 1.807) is 0 Å². The minimum absolute atomic E-state index is 0.205. The first-order valence-corrected chi connectivity index (χ1v) is 7.69. The molecule has 5 nitrogen and oxygen atoms in total. The lowest BCUT2D eigenvalue weighted by molar-refractivity contribution is 0.0986. The third-order valence-electron chi connectivity index (χ3n) is 3.77. The molecule has 0 N–H and O–H groups in total. The Labute approximate surface area is 126 Å². The Morgan fingerprint density at radius 2 is 2.00 bits per heavy atom. The molecule has 2 aromatic heterocycles. The van der Waals surface area contributed by atoms with Gasteiger partial charge in [0.15, 0.2) is 5.78 Å². The van der Waals surface area contributed by atoms with Crippen molar-refractivity contribution in [3.8, 4) is 0 Å². The highest BCUT2D eigenvalue weighted by atomic mass is 16.1. The molecule has 0 radical (unpaired) electrons. The molecule has 21 heavy (non-hydrogen) atoms. The van der Waals surface area contributed by atoms with Crippen molar-refractivity contribution in [1.29, 1.82) is 0 Å². The summed E-state index contributed by atoms with van der Waals surface area (Å²) in [6.07, 6.45) is 6.96. The van der Waals surface area contributed by atoms with Gasteiger partial charge in [0.2, 0.25) is 0 Å². The zero-order chi connectivity index (χ0) is 15.4. The van der Waals surface area contributed by atoms with Gasteiger partial charge in [-0.3, -0.25) is 14.2 Å². The molecule has 114 valence electrons. The highest BCUT2D eigenvalue weighted by molar-refractivity contribution is 5.98. The van der Waals surface area contributed by atoms with Crippen molar-refractivity contribution in [3.63, 3.8) is 0 Å². The van der Waals surface area contributed by atoms with Crippen LogP contribution in [0, 0.1) is 0 Å². The van der Waals surface area contributed by atoms with E-state index in [-0.39, 0.29) is 5.78 Å². The zero-order valence-corrected chi connectivity index (χ0v) is 13.4. The lowest BCUT2D eigenvalue weighted by Crippen LogP contribution is -2.09. The monoisotopic (exact) mass is 288 g/mol. The van der Waals surface area contributed by atoms with E-state index in [4.69, 9.17) is 0 Å². The predicted molar refractivity (Wildman–Crippen MR) is 82.5 cm³/mol. The molecule has 5 heteroatoms. The quantitative estimate of drug-likeness (QED) is 0.736. The largest absolute Gasteiger partial charge is 0.294 e. The van der Waals surface area contributed by atoms with E-state index < -0.39 is 0 Å². The van der Waals surface area contributed by atoms with E-state index >= 15 is 0 Å². The van der Waals surface area contributed by atoms with Crippen LogP contribution in [0.25, 0.3) is 0 Å². The van der Waals surface area contributed by atoms with Crippen LogP contribution in [-0.2, 0) is 32.9 Å². The molecule has 2 aromatic rings. The van der Waals surface area contributed by atoms with Crippen molar-refractivity contribution in [2.24, 2.45) is 7.05 Å². The van der Waals surface area contributed by atoms with Gasteiger partial charge in [-0.25, -0.2) is 0 Å². The molecule has 0 aliphatic carbocycles. The van der Waals surface area contributed by atoms with Gasteiger partial charge in [-0.15, -0.1) is 0 Å². The summed E-state index contributed by atoms with van der Waals surface area (Å²) in [5.74, 6) is 0.205. The van der Waals surface area contributed by atoms with Crippen LogP contribution in [0.3, 0.4) is 0 Å². The summed E-state index contributed by atoms with van der Waals surface area (Å²) in [6, 6.07) is 0. The van der Waals surface area contributed by atoms with E-state index in [0.29, 0.717) is 6.42 Å². The van der Waals surface area contributed by atoms with Crippen molar-refractivity contribution < 1.29 is 4.79 Å². The fourth-order valence-electron chi connectivity index (χ4n) is 2.68. The first-order valence-electron chi connectivity index (χ1n) is 7.69. The van der Waals surface area contributed by atoms with Gasteiger partial charge in [0.25, 0.3) is 0 Å². The Balaban J connectivity index is 2.26. The number of carbonyl (C=O) groups excluding carboxylic acids is 1. The van der Waals surface area contributed by atoms with Crippen LogP contribution in [0.5, 0.6) is 0 Å². The van der Waals surface area contributed by atoms with Crippen molar-refractivity contribution in [2.75, 3.05) is 0 Å². The maximum Gasteiger partial charge on any atom is 0.166 e. The number of rotatable bonds is 7. The van der Waals surface area contributed by atoms with Gasteiger partial charge in [-0.2, -0.15) is 10.2 Å². The standard InChI is InChI=1S/C16H24N4O/c1-5-13-16(15(21)7-3)14(6-2)20(18-13)9-8-12-10-17-19(4)11-12/h10-11H,5-9H2,1-4H3. The molecule has 2 heterocycles. The average molecular weight is 288 g/mol. The Morgan fingerprint density at radius 3 is 2.52 bits per heavy atom. The minimum Gasteiger partial charge on any atom is -0.294 e. The number of nitrogens with zero attached hydrogens (tertiary/aromatic N) is 4. The predicted octanol–water partition coefficient (Wildman–Crippen LogP) is 2.58. The number of aromatic nitrogens is 4. The van der Waals surface area contributed by atoms with Gasteiger partial charge >= 0.3 is 0 Å². The molecule has 0 saturated heterocycles. The summed E-state index contributed by atoms with van der Waals surface area (Å²) in [4.78, 5) is 12.2. The van der Waals surface area contributed by atoms with Gasteiger partial charge < -0.3 is 0 Å². The topological polar surface area (TPSA) is 52.7 Å². The third kappa shape index (κ3) is 3.23. The molecule has 0 aliphatic rings. The van der Waals surface area contributed by atoms with E-state index in [2.05, 4.69) is 24.0 Å². The molecule has 0 spiro atoms.